The summed E-state index contributed by atoms with van der Waals surface area (Å²) >= 11 is 0. The first-order chi connectivity index (χ1) is 12.0. The molecular formula is C21H24O4. The van der Waals surface area contributed by atoms with Gasteiger partial charge in [-0.3, -0.25) is 0 Å². The fourth-order valence-corrected chi connectivity index (χ4v) is 2.30. The molecule has 0 radical (unpaired) electrons. The number of benzene rings is 2. The van der Waals surface area contributed by atoms with Gasteiger partial charge in [0.05, 0.1) is 24.3 Å². The Morgan fingerprint density at radius 1 is 0.840 bits per heavy atom. The minimum absolute atomic E-state index is 0.235. The predicted octanol–water partition coefficient (Wildman–Crippen LogP) is 4.51. The highest BCUT2D eigenvalue weighted by Gasteiger charge is 2.25. The van der Waals surface area contributed by atoms with Crippen LogP contribution in [-0.4, -0.2) is 25.2 Å². The summed E-state index contributed by atoms with van der Waals surface area (Å²) < 4.78 is 10.8. The molecule has 25 heavy (non-hydrogen) atoms. The van der Waals surface area contributed by atoms with Gasteiger partial charge >= 0.3 is 11.9 Å². The lowest BCUT2D eigenvalue weighted by Gasteiger charge is -2.27. The first kappa shape index (κ1) is 18.7. The summed E-state index contributed by atoms with van der Waals surface area (Å²) in [4.78, 5) is 24.0. The Balaban J connectivity index is 1.81. The summed E-state index contributed by atoms with van der Waals surface area (Å²) in [5, 5.41) is 0. The molecule has 2 aromatic rings. The molecule has 4 nitrogen and oxygen atoms in total. The molecule has 4 heteroatoms. The molecule has 0 spiro atoms. The molecule has 1 atom stereocenters. The monoisotopic (exact) mass is 340 g/mol. The number of hydrogen-bond acceptors (Lipinski definition) is 4. The minimum Gasteiger partial charge on any atom is -0.462 e. The van der Waals surface area contributed by atoms with E-state index in [-0.39, 0.29) is 17.4 Å². The molecule has 0 saturated carbocycles. The maximum atomic E-state index is 12.1. The highest BCUT2D eigenvalue weighted by Crippen LogP contribution is 2.26. The maximum absolute atomic E-state index is 12.1. The van der Waals surface area contributed by atoms with Gasteiger partial charge in [-0.1, -0.05) is 50.2 Å². The van der Waals surface area contributed by atoms with E-state index in [0.717, 1.165) is 6.42 Å². The molecule has 0 N–H and O–H groups in total. The fraction of sp³-hybridized carbons (Fsp3) is 0.333. The van der Waals surface area contributed by atoms with Crippen LogP contribution in [0.2, 0.25) is 0 Å². The summed E-state index contributed by atoms with van der Waals surface area (Å²) in [7, 11) is 0. The van der Waals surface area contributed by atoms with Crippen LogP contribution in [0.4, 0.5) is 0 Å². The van der Waals surface area contributed by atoms with Crippen molar-refractivity contribution >= 4 is 11.9 Å². The molecule has 2 rings (SSSR count). The lowest BCUT2D eigenvalue weighted by Crippen LogP contribution is -2.27. The molecule has 1 unspecified atom stereocenters. The normalized spacial score (nSPS) is 12.9. The summed E-state index contributed by atoms with van der Waals surface area (Å²) in [5.41, 5.74) is 0.842. The van der Waals surface area contributed by atoms with Crippen molar-refractivity contribution in [3.05, 3.63) is 71.8 Å². The van der Waals surface area contributed by atoms with Crippen molar-refractivity contribution in [1.29, 1.82) is 0 Å². The van der Waals surface area contributed by atoms with Gasteiger partial charge in [0, 0.05) is 5.41 Å². The van der Waals surface area contributed by atoms with Gasteiger partial charge in [-0.15, -0.1) is 0 Å². The SMILES string of the molecule is CCC(C)(CCOC(=O)c1ccccc1)COC(=O)c1ccccc1. The second kappa shape index (κ2) is 9.02. The molecule has 132 valence electrons. The van der Waals surface area contributed by atoms with Gasteiger partial charge in [0.2, 0.25) is 0 Å². The number of esters is 2. The van der Waals surface area contributed by atoms with Crippen molar-refractivity contribution in [1.82, 2.24) is 0 Å². The Morgan fingerprint density at radius 2 is 1.32 bits per heavy atom. The van der Waals surface area contributed by atoms with Crippen molar-refractivity contribution in [2.45, 2.75) is 26.7 Å². The number of hydrogen-bond donors (Lipinski definition) is 0. The Morgan fingerprint density at radius 3 is 1.80 bits per heavy atom. The molecule has 0 heterocycles. The van der Waals surface area contributed by atoms with Gasteiger partial charge < -0.3 is 9.47 Å². The first-order valence-corrected chi connectivity index (χ1v) is 8.48. The van der Waals surface area contributed by atoms with E-state index in [1.54, 1.807) is 48.5 Å². The fourth-order valence-electron chi connectivity index (χ4n) is 2.30. The van der Waals surface area contributed by atoms with E-state index >= 15 is 0 Å². The van der Waals surface area contributed by atoms with Crippen LogP contribution in [0, 0.1) is 5.41 Å². The predicted molar refractivity (Wildman–Crippen MR) is 96.5 cm³/mol. The molecule has 0 bridgehead atoms. The second-order valence-corrected chi connectivity index (χ2v) is 6.36. The number of carbonyl (C=O) groups excluding carboxylic acids is 2. The zero-order valence-corrected chi connectivity index (χ0v) is 14.7. The maximum Gasteiger partial charge on any atom is 0.338 e. The van der Waals surface area contributed by atoms with Crippen LogP contribution >= 0.6 is 0 Å². The number of carbonyl (C=O) groups is 2. The third-order valence-corrected chi connectivity index (χ3v) is 4.36. The molecule has 0 aliphatic rings. The quantitative estimate of drug-likeness (QED) is 0.664. The average Bonchev–Trinajstić information content (AvgIpc) is 2.67. The van der Waals surface area contributed by atoms with Crippen molar-refractivity contribution in [3.63, 3.8) is 0 Å². The van der Waals surface area contributed by atoms with Crippen LogP contribution in [0.1, 0.15) is 47.4 Å². The van der Waals surface area contributed by atoms with Gasteiger partial charge in [0.25, 0.3) is 0 Å². The summed E-state index contributed by atoms with van der Waals surface area (Å²) in [6, 6.07) is 17.8. The topological polar surface area (TPSA) is 52.6 Å². The van der Waals surface area contributed by atoms with Crippen LogP contribution in [0.15, 0.2) is 60.7 Å². The van der Waals surface area contributed by atoms with E-state index < -0.39 is 0 Å². The molecule has 0 aromatic heterocycles. The van der Waals surface area contributed by atoms with Gasteiger partial charge in [-0.25, -0.2) is 9.59 Å². The van der Waals surface area contributed by atoms with Gasteiger partial charge in [-0.2, -0.15) is 0 Å². The van der Waals surface area contributed by atoms with Crippen LogP contribution in [-0.2, 0) is 9.47 Å². The summed E-state index contributed by atoms with van der Waals surface area (Å²) in [5.74, 6) is -0.665. The zero-order chi connectivity index (χ0) is 18.1. The zero-order valence-electron chi connectivity index (χ0n) is 14.7. The van der Waals surface area contributed by atoms with Gasteiger partial charge in [0.15, 0.2) is 0 Å². The van der Waals surface area contributed by atoms with Crippen molar-refractivity contribution in [2.75, 3.05) is 13.2 Å². The van der Waals surface area contributed by atoms with Crippen LogP contribution < -0.4 is 0 Å². The van der Waals surface area contributed by atoms with Crippen LogP contribution in [0.25, 0.3) is 0 Å². The van der Waals surface area contributed by atoms with Crippen molar-refractivity contribution < 1.29 is 19.1 Å². The van der Waals surface area contributed by atoms with E-state index in [1.807, 2.05) is 26.0 Å². The molecule has 2 aromatic carbocycles. The van der Waals surface area contributed by atoms with E-state index in [1.165, 1.54) is 0 Å². The van der Waals surface area contributed by atoms with Crippen molar-refractivity contribution in [3.8, 4) is 0 Å². The van der Waals surface area contributed by atoms with E-state index in [4.69, 9.17) is 9.47 Å². The van der Waals surface area contributed by atoms with Gasteiger partial charge in [-0.05, 0) is 37.1 Å². The lowest BCUT2D eigenvalue weighted by atomic mass is 9.85. The molecule has 0 fully saturated rings. The Bertz CT molecular complexity index is 682. The minimum atomic E-state index is -0.333. The van der Waals surface area contributed by atoms with Crippen LogP contribution in [0.3, 0.4) is 0 Å². The number of ether oxygens (including phenoxy) is 2. The Hall–Kier alpha value is -2.62. The molecule has 0 saturated heterocycles. The van der Waals surface area contributed by atoms with E-state index in [0.29, 0.717) is 30.8 Å². The summed E-state index contributed by atoms with van der Waals surface area (Å²) in [6.45, 7) is 4.65. The van der Waals surface area contributed by atoms with Crippen LogP contribution in [0.5, 0.6) is 0 Å². The van der Waals surface area contributed by atoms with Gasteiger partial charge in [0.1, 0.15) is 0 Å². The third kappa shape index (κ3) is 5.75. The van der Waals surface area contributed by atoms with E-state index in [9.17, 15) is 9.59 Å². The highest BCUT2D eigenvalue weighted by atomic mass is 16.5. The Kier molecular flexibility index (Phi) is 6.75. The summed E-state index contributed by atoms with van der Waals surface area (Å²) in [6.07, 6.45) is 1.45. The molecule has 0 aliphatic heterocycles. The molecule has 0 amide bonds. The average molecular weight is 340 g/mol. The second-order valence-electron chi connectivity index (χ2n) is 6.36. The first-order valence-electron chi connectivity index (χ1n) is 8.48. The van der Waals surface area contributed by atoms with E-state index in [2.05, 4.69) is 0 Å². The molecule has 0 aliphatic carbocycles. The van der Waals surface area contributed by atoms with Crippen molar-refractivity contribution in [2.24, 2.45) is 5.41 Å². The smallest absolute Gasteiger partial charge is 0.338 e. The molecular weight excluding hydrogens is 316 g/mol. The highest BCUT2D eigenvalue weighted by molar-refractivity contribution is 5.89. The standard InChI is InChI=1S/C21H24O4/c1-3-21(2,16-25-20(23)18-12-8-5-9-13-18)14-15-24-19(22)17-10-6-4-7-11-17/h4-13H,3,14-16H2,1-2H3. The Labute approximate surface area is 148 Å². The largest absolute Gasteiger partial charge is 0.462 e. The lowest BCUT2D eigenvalue weighted by molar-refractivity contribution is 0.0178. The number of rotatable bonds is 8. The third-order valence-electron chi connectivity index (χ3n) is 4.36.